The van der Waals surface area contributed by atoms with E-state index in [1.54, 1.807) is 12.6 Å². The lowest BCUT2D eigenvalue weighted by Crippen LogP contribution is -2.46. The highest BCUT2D eigenvalue weighted by Crippen LogP contribution is 2.24. The third-order valence-corrected chi connectivity index (χ3v) is 4.46. The number of guanidine groups is 1. The summed E-state index contributed by atoms with van der Waals surface area (Å²) in [5.41, 5.74) is 0. The normalized spacial score (nSPS) is 16.6. The number of furan rings is 1. The summed E-state index contributed by atoms with van der Waals surface area (Å²) in [4.78, 5) is 11.5. The van der Waals surface area contributed by atoms with E-state index in [0.29, 0.717) is 11.8 Å². The number of H-pyrrole nitrogens is 1. The molecule has 0 spiro atoms. The average Bonchev–Trinajstić information content (AvgIpc) is 3.31. The van der Waals surface area contributed by atoms with Gasteiger partial charge in [0.25, 0.3) is 0 Å². The molecular weight excluding hydrogens is 316 g/mol. The standard InChI is InChI=1S/C18H28N6O/c1-14(2)12-20-18(19-8-5-16-4-3-11-25-16)24-9-6-15(7-10-24)17-21-13-22-23-17/h3-4,11,13-15H,5-10,12H2,1-2H3,(H,19,20)(H,21,22,23). The number of rotatable bonds is 6. The Balaban J connectivity index is 1.54. The smallest absolute Gasteiger partial charge is 0.193 e. The third kappa shape index (κ3) is 5.08. The average molecular weight is 344 g/mol. The molecule has 2 N–H and O–H groups in total. The molecule has 1 aliphatic heterocycles. The zero-order chi connectivity index (χ0) is 17.5. The van der Waals surface area contributed by atoms with Gasteiger partial charge in [0.15, 0.2) is 5.96 Å². The summed E-state index contributed by atoms with van der Waals surface area (Å²) in [6.07, 6.45) is 6.30. The summed E-state index contributed by atoms with van der Waals surface area (Å²) >= 11 is 0. The van der Waals surface area contributed by atoms with E-state index in [9.17, 15) is 0 Å². The number of aromatic nitrogens is 3. The minimum absolute atomic E-state index is 0.466. The van der Waals surface area contributed by atoms with Crippen LogP contribution in [0.5, 0.6) is 0 Å². The molecule has 2 aromatic heterocycles. The molecule has 0 saturated carbocycles. The van der Waals surface area contributed by atoms with Crippen LogP contribution in [0.15, 0.2) is 34.1 Å². The van der Waals surface area contributed by atoms with Crippen molar-refractivity contribution in [1.82, 2.24) is 25.4 Å². The molecule has 0 amide bonds. The number of hydrogen-bond donors (Lipinski definition) is 2. The van der Waals surface area contributed by atoms with E-state index in [1.807, 2.05) is 12.1 Å². The van der Waals surface area contributed by atoms with Crippen molar-refractivity contribution >= 4 is 5.96 Å². The molecule has 0 radical (unpaired) electrons. The van der Waals surface area contributed by atoms with Crippen molar-refractivity contribution in [2.24, 2.45) is 10.9 Å². The number of aliphatic imine (C=N–C) groups is 1. The zero-order valence-corrected chi connectivity index (χ0v) is 15.1. The Labute approximate surface area is 148 Å². The minimum atomic E-state index is 0.466. The van der Waals surface area contributed by atoms with Gasteiger partial charge in [0.1, 0.15) is 17.9 Å². The fourth-order valence-corrected chi connectivity index (χ4v) is 3.07. The van der Waals surface area contributed by atoms with Crippen molar-refractivity contribution in [1.29, 1.82) is 0 Å². The first-order valence-electron chi connectivity index (χ1n) is 9.13. The molecule has 0 bridgehead atoms. The molecule has 136 valence electrons. The fourth-order valence-electron chi connectivity index (χ4n) is 3.07. The van der Waals surface area contributed by atoms with Crippen LogP contribution in [0.2, 0.25) is 0 Å². The highest BCUT2D eigenvalue weighted by Gasteiger charge is 2.24. The van der Waals surface area contributed by atoms with Crippen molar-refractivity contribution in [2.75, 3.05) is 26.2 Å². The molecule has 0 aromatic carbocycles. The van der Waals surface area contributed by atoms with Gasteiger partial charge < -0.3 is 14.6 Å². The number of nitrogens with zero attached hydrogens (tertiary/aromatic N) is 4. The predicted octanol–water partition coefficient (Wildman–Crippen LogP) is 2.42. The lowest BCUT2D eigenvalue weighted by Gasteiger charge is -2.33. The van der Waals surface area contributed by atoms with Crippen LogP contribution in [-0.4, -0.2) is 52.2 Å². The van der Waals surface area contributed by atoms with E-state index in [4.69, 9.17) is 9.41 Å². The fraction of sp³-hybridized carbons (Fsp3) is 0.611. The molecule has 7 nitrogen and oxygen atoms in total. The van der Waals surface area contributed by atoms with Crippen molar-refractivity contribution in [3.8, 4) is 0 Å². The summed E-state index contributed by atoms with van der Waals surface area (Å²) in [5.74, 6) is 4.03. The number of nitrogens with one attached hydrogen (secondary N) is 2. The molecule has 7 heteroatoms. The second kappa shape index (κ2) is 8.69. The molecular formula is C18H28N6O. The van der Waals surface area contributed by atoms with Crippen LogP contribution >= 0.6 is 0 Å². The molecule has 3 heterocycles. The van der Waals surface area contributed by atoms with Gasteiger partial charge >= 0.3 is 0 Å². The van der Waals surface area contributed by atoms with E-state index in [-0.39, 0.29) is 0 Å². The summed E-state index contributed by atoms with van der Waals surface area (Å²) in [6, 6.07) is 3.94. The zero-order valence-electron chi connectivity index (χ0n) is 15.1. The Morgan fingerprint density at radius 2 is 2.28 bits per heavy atom. The summed E-state index contributed by atoms with van der Waals surface area (Å²) in [6.45, 7) is 8.02. The molecule has 0 atom stereocenters. The second-order valence-corrected chi connectivity index (χ2v) is 6.95. The van der Waals surface area contributed by atoms with Gasteiger partial charge in [-0.25, -0.2) is 4.98 Å². The van der Waals surface area contributed by atoms with Gasteiger partial charge in [0.05, 0.1) is 6.26 Å². The van der Waals surface area contributed by atoms with Crippen LogP contribution in [0.25, 0.3) is 0 Å². The van der Waals surface area contributed by atoms with E-state index in [2.05, 4.69) is 39.2 Å². The summed E-state index contributed by atoms with van der Waals surface area (Å²) in [7, 11) is 0. The minimum Gasteiger partial charge on any atom is -0.469 e. The van der Waals surface area contributed by atoms with Crippen molar-refractivity contribution in [3.05, 3.63) is 36.3 Å². The van der Waals surface area contributed by atoms with E-state index >= 15 is 0 Å². The second-order valence-electron chi connectivity index (χ2n) is 6.95. The maximum atomic E-state index is 5.40. The van der Waals surface area contributed by atoms with Gasteiger partial charge in [0.2, 0.25) is 0 Å². The van der Waals surface area contributed by atoms with E-state index in [0.717, 1.165) is 63.0 Å². The molecule has 3 rings (SSSR count). The van der Waals surface area contributed by atoms with Crippen LogP contribution in [0.4, 0.5) is 0 Å². The summed E-state index contributed by atoms with van der Waals surface area (Å²) < 4.78 is 5.40. The third-order valence-electron chi connectivity index (χ3n) is 4.46. The number of piperidine rings is 1. The van der Waals surface area contributed by atoms with Crippen LogP contribution in [0, 0.1) is 5.92 Å². The van der Waals surface area contributed by atoms with Gasteiger partial charge in [-0.05, 0) is 30.9 Å². The number of aromatic amines is 1. The maximum Gasteiger partial charge on any atom is 0.193 e. The van der Waals surface area contributed by atoms with Crippen molar-refractivity contribution in [2.45, 2.75) is 39.0 Å². The topological polar surface area (TPSA) is 82.3 Å². The Bertz CT molecular complexity index is 627. The SMILES string of the molecule is CC(C)CN=C(NCCc1ccco1)N1CCC(c2ncn[nH]2)CC1. The van der Waals surface area contributed by atoms with Gasteiger partial charge in [-0.3, -0.25) is 10.1 Å². The number of likely N-dealkylation sites (tertiary alicyclic amines) is 1. The monoisotopic (exact) mass is 344 g/mol. The summed E-state index contributed by atoms with van der Waals surface area (Å²) in [5, 5.41) is 10.5. The van der Waals surface area contributed by atoms with Crippen LogP contribution in [0.1, 0.15) is 44.2 Å². The van der Waals surface area contributed by atoms with E-state index < -0.39 is 0 Å². The Kier molecular flexibility index (Phi) is 6.09. The first-order valence-corrected chi connectivity index (χ1v) is 9.13. The van der Waals surface area contributed by atoms with Gasteiger partial charge in [-0.2, -0.15) is 5.10 Å². The van der Waals surface area contributed by atoms with Crippen molar-refractivity contribution in [3.63, 3.8) is 0 Å². The Morgan fingerprint density at radius 3 is 2.92 bits per heavy atom. The first-order chi connectivity index (χ1) is 12.2. The molecule has 0 unspecified atom stereocenters. The largest absolute Gasteiger partial charge is 0.469 e. The van der Waals surface area contributed by atoms with Crippen LogP contribution < -0.4 is 5.32 Å². The van der Waals surface area contributed by atoms with Crippen LogP contribution in [-0.2, 0) is 6.42 Å². The van der Waals surface area contributed by atoms with Gasteiger partial charge in [-0.15, -0.1) is 0 Å². The highest BCUT2D eigenvalue weighted by atomic mass is 16.3. The van der Waals surface area contributed by atoms with E-state index in [1.165, 1.54) is 0 Å². The lowest BCUT2D eigenvalue weighted by molar-refractivity contribution is 0.298. The highest BCUT2D eigenvalue weighted by molar-refractivity contribution is 5.80. The number of hydrogen-bond acceptors (Lipinski definition) is 4. The predicted molar refractivity (Wildman–Crippen MR) is 97.5 cm³/mol. The molecule has 2 aromatic rings. The Hall–Kier alpha value is -2.31. The Morgan fingerprint density at radius 1 is 1.44 bits per heavy atom. The van der Waals surface area contributed by atoms with Crippen molar-refractivity contribution < 1.29 is 4.42 Å². The van der Waals surface area contributed by atoms with Crippen LogP contribution in [0.3, 0.4) is 0 Å². The molecule has 25 heavy (non-hydrogen) atoms. The maximum absolute atomic E-state index is 5.40. The van der Waals surface area contributed by atoms with Gasteiger partial charge in [0, 0.05) is 38.5 Å². The molecule has 0 aliphatic carbocycles. The lowest BCUT2D eigenvalue weighted by atomic mass is 9.96. The first kappa shape index (κ1) is 17.5. The quantitative estimate of drug-likeness (QED) is 0.621. The molecule has 1 saturated heterocycles. The molecule has 1 aliphatic rings. The van der Waals surface area contributed by atoms with Gasteiger partial charge in [-0.1, -0.05) is 13.8 Å². The molecule has 1 fully saturated rings.